The number of carbonyl (C=O) groups excluding carboxylic acids is 1. The summed E-state index contributed by atoms with van der Waals surface area (Å²) in [7, 11) is 0. The van der Waals surface area contributed by atoms with E-state index < -0.39 is 0 Å². The number of halogens is 2. The highest BCUT2D eigenvalue weighted by molar-refractivity contribution is 9.10. The first-order valence-electron chi connectivity index (χ1n) is 6.51. The average Bonchev–Trinajstić information content (AvgIpc) is 2.87. The van der Waals surface area contributed by atoms with E-state index in [1.54, 1.807) is 17.4 Å². The van der Waals surface area contributed by atoms with Crippen molar-refractivity contribution in [3.05, 3.63) is 49.1 Å². The van der Waals surface area contributed by atoms with E-state index in [9.17, 15) is 4.79 Å². The van der Waals surface area contributed by atoms with Gasteiger partial charge in [-0.15, -0.1) is 11.3 Å². The van der Waals surface area contributed by atoms with Gasteiger partial charge in [0.2, 0.25) is 0 Å². The van der Waals surface area contributed by atoms with E-state index in [0.29, 0.717) is 10.7 Å². The van der Waals surface area contributed by atoms with E-state index in [0.717, 1.165) is 22.2 Å². The van der Waals surface area contributed by atoms with Crippen molar-refractivity contribution in [2.75, 3.05) is 5.32 Å². The van der Waals surface area contributed by atoms with Crippen LogP contribution in [-0.4, -0.2) is 5.91 Å². The number of hydrogen-bond donors (Lipinski definition) is 1. The van der Waals surface area contributed by atoms with Crippen LogP contribution in [0.5, 0.6) is 0 Å². The number of anilines is 1. The lowest BCUT2D eigenvalue weighted by molar-refractivity contribution is 0.103. The second-order valence-corrected chi connectivity index (χ2v) is 7.30. The van der Waals surface area contributed by atoms with Gasteiger partial charge in [0.1, 0.15) is 0 Å². The Bertz CT molecular complexity index is 644. The monoisotopic (exact) mass is 369 g/mol. The summed E-state index contributed by atoms with van der Waals surface area (Å²) in [5.41, 5.74) is 1.98. The molecule has 1 N–H and O–H groups in total. The lowest BCUT2D eigenvalue weighted by atomic mass is 9.99. The number of benzene rings is 1. The molecule has 1 aromatic carbocycles. The van der Waals surface area contributed by atoms with Crippen LogP contribution in [0.1, 0.15) is 33.0 Å². The summed E-state index contributed by atoms with van der Waals surface area (Å²) >= 11 is 11.1. The van der Waals surface area contributed by atoms with Gasteiger partial charge < -0.3 is 5.32 Å². The van der Waals surface area contributed by atoms with Gasteiger partial charge >= 0.3 is 0 Å². The number of nitrogens with one attached hydrogen (secondary N) is 1. The number of rotatable bonds is 2. The summed E-state index contributed by atoms with van der Waals surface area (Å²) < 4.78 is 0.891. The van der Waals surface area contributed by atoms with Gasteiger partial charge in [0.15, 0.2) is 0 Å². The van der Waals surface area contributed by atoms with Crippen molar-refractivity contribution < 1.29 is 4.79 Å². The summed E-state index contributed by atoms with van der Waals surface area (Å²) in [5, 5.41) is 3.43. The molecule has 0 unspecified atom stereocenters. The molecule has 104 valence electrons. The lowest BCUT2D eigenvalue weighted by Crippen LogP contribution is -2.10. The highest BCUT2D eigenvalue weighted by Crippen LogP contribution is 2.31. The number of thiophene rings is 1. The molecule has 1 aliphatic carbocycles. The van der Waals surface area contributed by atoms with Crippen LogP contribution in [0.15, 0.2) is 28.7 Å². The zero-order valence-corrected chi connectivity index (χ0v) is 13.9. The van der Waals surface area contributed by atoms with Crippen molar-refractivity contribution in [1.29, 1.82) is 0 Å². The minimum Gasteiger partial charge on any atom is -0.320 e. The summed E-state index contributed by atoms with van der Waals surface area (Å²) in [6, 6.07) is 7.46. The van der Waals surface area contributed by atoms with E-state index in [4.69, 9.17) is 11.6 Å². The molecule has 2 nitrogen and oxygen atoms in total. The number of amides is 1. The molecule has 2 aromatic rings. The maximum Gasteiger partial charge on any atom is 0.265 e. The van der Waals surface area contributed by atoms with Gasteiger partial charge in [0, 0.05) is 9.35 Å². The van der Waals surface area contributed by atoms with Gasteiger partial charge in [-0.2, -0.15) is 0 Å². The molecule has 0 atom stereocenters. The first kappa shape index (κ1) is 14.1. The van der Waals surface area contributed by atoms with Crippen LogP contribution in [0.4, 0.5) is 5.69 Å². The van der Waals surface area contributed by atoms with Gasteiger partial charge in [0.05, 0.1) is 15.6 Å². The molecule has 0 bridgehead atoms. The molecule has 0 saturated heterocycles. The maximum atomic E-state index is 12.3. The van der Waals surface area contributed by atoms with Gasteiger partial charge in [-0.05, 0) is 55.5 Å². The van der Waals surface area contributed by atoms with Crippen molar-refractivity contribution >= 4 is 50.5 Å². The minimum absolute atomic E-state index is 0.0793. The molecule has 20 heavy (non-hydrogen) atoms. The topological polar surface area (TPSA) is 29.1 Å². The highest BCUT2D eigenvalue weighted by Gasteiger charge is 2.17. The summed E-state index contributed by atoms with van der Waals surface area (Å²) in [4.78, 5) is 14.5. The second kappa shape index (κ2) is 5.88. The van der Waals surface area contributed by atoms with Gasteiger partial charge in [-0.3, -0.25) is 4.79 Å². The molecule has 0 radical (unpaired) electrons. The Kier molecular flexibility index (Phi) is 4.15. The van der Waals surface area contributed by atoms with Crippen LogP contribution in [0.2, 0.25) is 5.02 Å². The smallest absolute Gasteiger partial charge is 0.265 e. The fourth-order valence-corrected chi connectivity index (χ4v) is 4.05. The minimum atomic E-state index is -0.0793. The Hall–Kier alpha value is -0.840. The lowest BCUT2D eigenvalue weighted by Gasteiger charge is -2.08. The Morgan fingerprint density at radius 3 is 2.85 bits per heavy atom. The standard InChI is InChI=1S/C15H13BrClNOS/c16-10-5-6-11(17)12(8-10)18-15(19)14-7-9-3-1-2-4-13(9)20-14/h5-8H,1-4H2,(H,18,19). The maximum absolute atomic E-state index is 12.3. The predicted octanol–water partition coefficient (Wildman–Crippen LogP) is 5.30. The number of hydrogen-bond acceptors (Lipinski definition) is 2. The molecule has 1 aromatic heterocycles. The van der Waals surface area contributed by atoms with E-state index >= 15 is 0 Å². The molecule has 0 fully saturated rings. The zero-order chi connectivity index (χ0) is 14.1. The van der Waals surface area contributed by atoms with E-state index in [-0.39, 0.29) is 5.91 Å². The first-order chi connectivity index (χ1) is 9.63. The Morgan fingerprint density at radius 2 is 2.05 bits per heavy atom. The predicted molar refractivity (Wildman–Crippen MR) is 88.1 cm³/mol. The van der Waals surface area contributed by atoms with Gasteiger partial charge in [-0.25, -0.2) is 0 Å². The fraction of sp³-hybridized carbons (Fsp3) is 0.267. The van der Waals surface area contributed by atoms with Crippen LogP contribution < -0.4 is 5.32 Å². The molecular weight excluding hydrogens is 358 g/mol. The van der Waals surface area contributed by atoms with Gasteiger partial charge in [-0.1, -0.05) is 27.5 Å². The molecule has 3 rings (SSSR count). The van der Waals surface area contributed by atoms with Crippen molar-refractivity contribution in [3.8, 4) is 0 Å². The van der Waals surface area contributed by atoms with Gasteiger partial charge in [0.25, 0.3) is 5.91 Å². The third-order valence-corrected chi connectivity index (χ3v) is 5.46. The largest absolute Gasteiger partial charge is 0.320 e. The third-order valence-electron chi connectivity index (χ3n) is 3.40. The first-order valence-corrected chi connectivity index (χ1v) is 8.50. The van der Waals surface area contributed by atoms with Crippen LogP contribution in [0.3, 0.4) is 0 Å². The van der Waals surface area contributed by atoms with E-state index in [1.165, 1.54) is 23.3 Å². The van der Waals surface area contributed by atoms with Crippen LogP contribution in [0.25, 0.3) is 0 Å². The summed E-state index contributed by atoms with van der Waals surface area (Å²) in [6.45, 7) is 0. The highest BCUT2D eigenvalue weighted by atomic mass is 79.9. The van der Waals surface area contributed by atoms with Crippen molar-refractivity contribution in [2.24, 2.45) is 0 Å². The van der Waals surface area contributed by atoms with Crippen LogP contribution >= 0.6 is 38.9 Å². The van der Waals surface area contributed by atoms with Crippen LogP contribution in [-0.2, 0) is 12.8 Å². The molecule has 1 aliphatic rings. The van der Waals surface area contributed by atoms with Crippen molar-refractivity contribution in [3.63, 3.8) is 0 Å². The summed E-state index contributed by atoms with van der Waals surface area (Å²) in [5.74, 6) is -0.0793. The molecule has 0 aliphatic heterocycles. The number of fused-ring (bicyclic) bond motifs is 1. The molecule has 0 saturated carbocycles. The second-order valence-electron chi connectivity index (χ2n) is 4.84. The average molecular weight is 371 g/mol. The van der Waals surface area contributed by atoms with Crippen molar-refractivity contribution in [1.82, 2.24) is 0 Å². The zero-order valence-electron chi connectivity index (χ0n) is 10.7. The van der Waals surface area contributed by atoms with Crippen LogP contribution in [0, 0.1) is 0 Å². The molecule has 0 spiro atoms. The quantitative estimate of drug-likeness (QED) is 0.764. The van der Waals surface area contributed by atoms with E-state index in [2.05, 4.69) is 21.2 Å². The fourth-order valence-electron chi connectivity index (χ4n) is 2.38. The Balaban J connectivity index is 1.82. The summed E-state index contributed by atoms with van der Waals surface area (Å²) in [6.07, 6.45) is 4.65. The number of carbonyl (C=O) groups is 1. The number of aryl methyl sites for hydroxylation is 2. The molecule has 1 heterocycles. The normalized spacial score (nSPS) is 13.9. The Labute approximate surface area is 135 Å². The van der Waals surface area contributed by atoms with Crippen molar-refractivity contribution in [2.45, 2.75) is 25.7 Å². The third kappa shape index (κ3) is 2.92. The Morgan fingerprint density at radius 1 is 1.25 bits per heavy atom. The SMILES string of the molecule is O=C(Nc1cc(Br)ccc1Cl)c1cc2c(s1)CCCC2. The molecule has 5 heteroatoms. The molecular formula is C15H13BrClNOS. The van der Waals surface area contributed by atoms with E-state index in [1.807, 2.05) is 18.2 Å². The molecule has 1 amide bonds.